The van der Waals surface area contributed by atoms with Crippen molar-refractivity contribution in [2.24, 2.45) is 11.8 Å². The molecule has 0 bridgehead atoms. The van der Waals surface area contributed by atoms with Gasteiger partial charge < -0.3 is 24.9 Å². The molecule has 3 fully saturated rings. The number of nitrogens with zero attached hydrogens (tertiary/aromatic N) is 5. The first kappa shape index (κ1) is 40.9. The van der Waals surface area contributed by atoms with Crippen LogP contribution in [0.2, 0.25) is 0 Å². The molecule has 12 heteroatoms. The molecular weight excluding hydrogens is 777 g/mol. The number of methoxy groups -OCH3 is 1. The summed E-state index contributed by atoms with van der Waals surface area (Å²) in [4.78, 5) is 68.9. The molecule has 12 nitrogen and oxygen atoms in total. The van der Waals surface area contributed by atoms with Crippen molar-refractivity contribution >= 4 is 17.8 Å². The van der Waals surface area contributed by atoms with Crippen molar-refractivity contribution in [1.82, 2.24) is 40.1 Å². The lowest BCUT2D eigenvalue weighted by Gasteiger charge is -2.32. The molecule has 3 aromatic carbocycles. The van der Waals surface area contributed by atoms with E-state index in [4.69, 9.17) is 24.7 Å². The summed E-state index contributed by atoms with van der Waals surface area (Å²) >= 11 is 0. The highest BCUT2D eigenvalue weighted by Gasteiger charge is 2.41. The van der Waals surface area contributed by atoms with E-state index in [1.807, 2.05) is 85.5 Å². The minimum absolute atomic E-state index is 0.0464. The molecule has 2 saturated carbocycles. The largest absolute Gasteiger partial charge is 0.453 e. The van der Waals surface area contributed by atoms with Crippen LogP contribution in [0.4, 0.5) is 4.79 Å². The highest BCUT2D eigenvalue weighted by molar-refractivity contribution is 5.91. The second kappa shape index (κ2) is 18.7. The Bertz CT molecular complexity index is 2440. The maximum absolute atomic E-state index is 14.5. The summed E-state index contributed by atoms with van der Waals surface area (Å²) in [6.07, 6.45) is 18.0. The molecule has 62 heavy (non-hydrogen) atoms. The lowest BCUT2D eigenvalue weighted by atomic mass is 9.80. The molecule has 1 aliphatic heterocycles. The molecule has 1 unspecified atom stereocenters. The molecule has 6 aromatic rings. The summed E-state index contributed by atoms with van der Waals surface area (Å²) in [6, 6.07) is 26.8. The van der Waals surface area contributed by atoms with Crippen LogP contribution in [0.3, 0.4) is 0 Å². The van der Waals surface area contributed by atoms with E-state index in [1.165, 1.54) is 32.8 Å². The van der Waals surface area contributed by atoms with Crippen molar-refractivity contribution < 1.29 is 19.1 Å². The number of amides is 2. The Labute approximate surface area is 362 Å². The van der Waals surface area contributed by atoms with Crippen LogP contribution < -0.4 is 5.32 Å². The fraction of sp³-hybridized carbons (Fsp3) is 0.380. The maximum atomic E-state index is 14.5. The van der Waals surface area contributed by atoms with Crippen molar-refractivity contribution in [3.05, 3.63) is 132 Å². The Hall–Kier alpha value is -6.43. The number of imidazole rings is 2. The second-order valence-electron chi connectivity index (χ2n) is 17.1. The first-order chi connectivity index (χ1) is 30.4. The molecule has 318 valence electrons. The first-order valence-electron chi connectivity index (χ1n) is 22.3. The number of ketones is 1. The van der Waals surface area contributed by atoms with Crippen molar-refractivity contribution in [2.45, 2.75) is 94.5 Å². The normalized spacial score (nSPS) is 20.3. The number of alkyl carbamates (subject to hydrolysis) is 1. The molecule has 3 N–H and O–H groups in total. The zero-order chi connectivity index (χ0) is 42.4. The Morgan fingerprint density at radius 2 is 1.27 bits per heavy atom. The summed E-state index contributed by atoms with van der Waals surface area (Å²) in [7, 11) is 1.30. The summed E-state index contributed by atoms with van der Waals surface area (Å²) in [5.41, 5.74) is 6.18. The van der Waals surface area contributed by atoms with Crippen LogP contribution in [0.25, 0.3) is 33.9 Å². The standard InChI is InChI=1S/C50H54N8O4/c1-62-50(61)57-44(35-18-10-5-11-19-35)45(59)38-20-12-21-39(38)47-53-30-40(55-47)32-23-25-36(26-24-32)46-51-28-37(29-52-46)41-31-54-48(56-41)42-22-13-27-58(42)49(60)43(34-16-8-4-9-17-34)33-14-6-2-3-7-15-33/h4-5,8-11,16-19,23-26,28-31,33,38-39,42-44H,2-3,6-7,12-15,20-22,27H2,1H3,(H,53,55)(H,54,56)(H,57,61)/t38?,39-,42+,43-,44-/m1/s1. The van der Waals surface area contributed by atoms with Gasteiger partial charge in [0.25, 0.3) is 0 Å². The lowest BCUT2D eigenvalue weighted by molar-refractivity contribution is -0.135. The van der Waals surface area contributed by atoms with E-state index in [-0.39, 0.29) is 35.5 Å². The molecule has 3 aliphatic rings. The maximum Gasteiger partial charge on any atom is 0.407 e. The van der Waals surface area contributed by atoms with Gasteiger partial charge in [0.05, 0.1) is 42.9 Å². The van der Waals surface area contributed by atoms with E-state index in [2.05, 4.69) is 44.5 Å². The van der Waals surface area contributed by atoms with Crippen LogP contribution in [0.1, 0.15) is 117 Å². The van der Waals surface area contributed by atoms with Gasteiger partial charge in [-0.2, -0.15) is 0 Å². The number of Topliss-reactive ketones (excluding diaryl/α,β-unsaturated/α-hetero) is 1. The molecule has 2 amide bonds. The summed E-state index contributed by atoms with van der Waals surface area (Å²) in [5, 5.41) is 2.76. The number of hydrogen-bond donors (Lipinski definition) is 3. The van der Waals surface area contributed by atoms with Crippen LogP contribution in [-0.4, -0.2) is 66.2 Å². The molecule has 0 spiro atoms. The molecule has 0 radical (unpaired) electrons. The second-order valence-corrected chi connectivity index (χ2v) is 17.1. The topological polar surface area (TPSA) is 159 Å². The van der Waals surface area contributed by atoms with Gasteiger partial charge in [-0.3, -0.25) is 9.59 Å². The van der Waals surface area contributed by atoms with Gasteiger partial charge in [-0.1, -0.05) is 117 Å². The SMILES string of the molecule is COC(=O)N[C@@H](C(=O)C1CCC[C@H]1c1ncc(-c2ccc(-c3ncc(-c4cnc([C@@H]5CCCN5C(=O)[C@@H](c5ccccc5)C5CCCCCC5)[nH]4)cn3)cc2)[nH]1)c1ccccc1. The Balaban J connectivity index is 0.861. The van der Waals surface area contributed by atoms with Gasteiger partial charge in [0.1, 0.15) is 17.7 Å². The number of nitrogens with one attached hydrogen (secondary N) is 3. The highest BCUT2D eigenvalue weighted by Crippen LogP contribution is 2.43. The number of ether oxygens (including phenoxy) is 1. The Morgan fingerprint density at radius 3 is 1.97 bits per heavy atom. The first-order valence-corrected chi connectivity index (χ1v) is 22.3. The summed E-state index contributed by atoms with van der Waals surface area (Å²) in [6.45, 7) is 0.739. The van der Waals surface area contributed by atoms with Crippen LogP contribution in [0.15, 0.2) is 110 Å². The molecule has 5 atom stereocenters. The van der Waals surface area contributed by atoms with Gasteiger partial charge in [-0.15, -0.1) is 0 Å². The number of aromatic nitrogens is 6. The number of hydrogen-bond acceptors (Lipinski definition) is 8. The van der Waals surface area contributed by atoms with Crippen molar-refractivity contribution in [1.29, 1.82) is 0 Å². The Kier molecular flexibility index (Phi) is 12.3. The minimum Gasteiger partial charge on any atom is -0.453 e. The van der Waals surface area contributed by atoms with E-state index >= 15 is 0 Å². The van der Waals surface area contributed by atoms with E-state index in [0.717, 1.165) is 102 Å². The van der Waals surface area contributed by atoms with Gasteiger partial charge in [0.15, 0.2) is 11.6 Å². The van der Waals surface area contributed by atoms with Crippen molar-refractivity contribution in [3.63, 3.8) is 0 Å². The smallest absolute Gasteiger partial charge is 0.407 e. The average Bonchev–Trinajstić information content (AvgIpc) is 4.16. The Morgan fingerprint density at radius 1 is 0.645 bits per heavy atom. The number of carbonyl (C=O) groups excluding carboxylic acids is 3. The fourth-order valence-electron chi connectivity index (χ4n) is 10.1. The van der Waals surface area contributed by atoms with Crippen molar-refractivity contribution in [2.75, 3.05) is 13.7 Å². The predicted molar refractivity (Wildman–Crippen MR) is 237 cm³/mol. The van der Waals surface area contributed by atoms with E-state index in [1.54, 1.807) is 0 Å². The van der Waals surface area contributed by atoms with Crippen LogP contribution in [0, 0.1) is 11.8 Å². The third kappa shape index (κ3) is 8.68. The third-order valence-corrected chi connectivity index (χ3v) is 13.4. The number of carbonyl (C=O) groups is 3. The molecule has 9 rings (SSSR count). The van der Waals surface area contributed by atoms with Gasteiger partial charge >= 0.3 is 6.09 Å². The van der Waals surface area contributed by atoms with E-state index in [9.17, 15) is 14.4 Å². The quantitative estimate of drug-likeness (QED) is 0.103. The van der Waals surface area contributed by atoms with Crippen molar-refractivity contribution in [3.8, 4) is 33.9 Å². The number of H-pyrrole nitrogens is 2. The monoisotopic (exact) mass is 830 g/mol. The fourth-order valence-corrected chi connectivity index (χ4v) is 10.1. The third-order valence-electron chi connectivity index (χ3n) is 13.4. The number of benzene rings is 3. The number of likely N-dealkylation sites (tertiary alicyclic amines) is 1. The van der Waals surface area contributed by atoms with E-state index < -0.39 is 12.1 Å². The zero-order valence-electron chi connectivity index (χ0n) is 35.2. The summed E-state index contributed by atoms with van der Waals surface area (Å²) < 4.78 is 4.85. The number of aromatic amines is 2. The predicted octanol–water partition coefficient (Wildman–Crippen LogP) is 9.89. The average molecular weight is 831 g/mol. The van der Waals surface area contributed by atoms with Crippen LogP contribution in [-0.2, 0) is 14.3 Å². The van der Waals surface area contributed by atoms with Gasteiger partial charge in [-0.05, 0) is 61.1 Å². The molecule has 4 heterocycles. The molecule has 2 aliphatic carbocycles. The highest BCUT2D eigenvalue weighted by atomic mass is 16.5. The molecule has 3 aromatic heterocycles. The summed E-state index contributed by atoms with van der Waals surface area (Å²) in [5.74, 6) is 2.19. The zero-order valence-corrected chi connectivity index (χ0v) is 35.2. The molecule has 1 saturated heterocycles. The minimum atomic E-state index is -0.807. The van der Waals surface area contributed by atoms with Crippen LogP contribution >= 0.6 is 0 Å². The molecular formula is C50H54N8O4. The van der Waals surface area contributed by atoms with Gasteiger partial charge in [-0.25, -0.2) is 24.7 Å². The van der Waals surface area contributed by atoms with Gasteiger partial charge in [0.2, 0.25) is 5.91 Å². The van der Waals surface area contributed by atoms with Crippen LogP contribution in [0.5, 0.6) is 0 Å². The lowest BCUT2D eigenvalue weighted by Crippen LogP contribution is -2.38. The van der Waals surface area contributed by atoms with E-state index in [0.29, 0.717) is 11.7 Å². The van der Waals surface area contributed by atoms with Gasteiger partial charge in [0, 0.05) is 41.9 Å². The number of rotatable bonds is 12.